The quantitative estimate of drug-likeness (QED) is 0.418. The Morgan fingerprint density at radius 3 is 2.78 bits per heavy atom. The van der Waals surface area contributed by atoms with Gasteiger partial charge in [0.2, 0.25) is 0 Å². The minimum atomic E-state index is -0.0333. The van der Waals surface area contributed by atoms with Gasteiger partial charge in [0.25, 0.3) is 0 Å². The molecule has 0 spiro atoms. The van der Waals surface area contributed by atoms with Gasteiger partial charge in [-0.25, -0.2) is 0 Å². The van der Waals surface area contributed by atoms with Crippen LogP contribution in [0.25, 0.3) is 0 Å². The predicted molar refractivity (Wildman–Crippen MR) is 75.5 cm³/mol. The number of rotatable bonds is 8. The lowest BCUT2D eigenvalue weighted by atomic mass is 10.2. The van der Waals surface area contributed by atoms with Crippen LogP contribution in [0, 0.1) is 0 Å². The Bertz CT molecular complexity index is 401. The van der Waals surface area contributed by atoms with E-state index in [9.17, 15) is 0 Å². The molecular weight excluding hydrogens is 226 g/mol. The van der Waals surface area contributed by atoms with E-state index in [4.69, 9.17) is 10.5 Å². The maximum atomic E-state index is 5.80. The number of hydrogen-bond acceptors (Lipinski definition) is 3. The third-order valence-corrected chi connectivity index (χ3v) is 2.13. The summed E-state index contributed by atoms with van der Waals surface area (Å²) >= 11 is 0. The molecule has 1 aromatic carbocycles. The van der Waals surface area contributed by atoms with Crippen LogP contribution in [0.1, 0.15) is 6.42 Å². The molecular formula is C14H19N3O. The SMILES string of the molecule is C=CCC(CN=CNC(=C)N)Oc1ccccc1. The van der Waals surface area contributed by atoms with E-state index in [1.165, 1.54) is 6.34 Å². The first-order valence-corrected chi connectivity index (χ1v) is 5.74. The molecule has 0 aromatic heterocycles. The molecule has 0 saturated heterocycles. The van der Waals surface area contributed by atoms with Crippen LogP contribution in [0.3, 0.4) is 0 Å². The van der Waals surface area contributed by atoms with Crippen molar-refractivity contribution >= 4 is 6.34 Å². The topological polar surface area (TPSA) is 59.6 Å². The van der Waals surface area contributed by atoms with Gasteiger partial charge in [-0.1, -0.05) is 30.9 Å². The number of benzene rings is 1. The van der Waals surface area contributed by atoms with Crippen LogP contribution < -0.4 is 15.8 Å². The lowest BCUT2D eigenvalue weighted by Crippen LogP contribution is -2.21. The summed E-state index contributed by atoms with van der Waals surface area (Å²) in [5, 5.41) is 2.72. The van der Waals surface area contributed by atoms with Gasteiger partial charge in [0.1, 0.15) is 11.9 Å². The summed E-state index contributed by atoms with van der Waals surface area (Å²) in [6, 6.07) is 9.65. The fraction of sp³-hybridized carbons (Fsp3) is 0.214. The van der Waals surface area contributed by atoms with Gasteiger partial charge in [-0.2, -0.15) is 0 Å². The first-order chi connectivity index (χ1) is 8.72. The van der Waals surface area contributed by atoms with E-state index in [1.807, 2.05) is 36.4 Å². The third-order valence-electron chi connectivity index (χ3n) is 2.13. The summed E-state index contributed by atoms with van der Waals surface area (Å²) in [6.45, 7) is 7.75. The molecule has 4 nitrogen and oxygen atoms in total. The number of aliphatic imine (C=N–C) groups is 1. The Labute approximate surface area is 108 Å². The smallest absolute Gasteiger partial charge is 0.122 e. The van der Waals surface area contributed by atoms with Crippen molar-refractivity contribution in [2.45, 2.75) is 12.5 Å². The molecule has 0 aliphatic rings. The number of hydrogen-bond donors (Lipinski definition) is 2. The second kappa shape index (κ2) is 7.95. The molecule has 0 heterocycles. The molecule has 1 atom stereocenters. The van der Waals surface area contributed by atoms with E-state index in [1.54, 1.807) is 0 Å². The molecule has 0 aliphatic heterocycles. The van der Waals surface area contributed by atoms with Gasteiger partial charge >= 0.3 is 0 Å². The minimum absolute atomic E-state index is 0.0333. The van der Waals surface area contributed by atoms with Crippen LogP contribution in [0.4, 0.5) is 0 Å². The van der Waals surface area contributed by atoms with Gasteiger partial charge in [0.05, 0.1) is 18.7 Å². The largest absolute Gasteiger partial charge is 0.488 e. The fourth-order valence-corrected chi connectivity index (χ4v) is 1.34. The molecule has 0 saturated carbocycles. The highest BCUT2D eigenvalue weighted by molar-refractivity contribution is 5.56. The first kappa shape index (κ1) is 13.8. The van der Waals surface area contributed by atoms with E-state index in [0.29, 0.717) is 12.4 Å². The van der Waals surface area contributed by atoms with Gasteiger partial charge < -0.3 is 15.8 Å². The molecule has 0 amide bonds. The van der Waals surface area contributed by atoms with E-state index in [2.05, 4.69) is 23.5 Å². The number of nitrogens with zero attached hydrogens (tertiary/aromatic N) is 1. The molecule has 4 heteroatoms. The molecule has 3 N–H and O–H groups in total. The highest BCUT2D eigenvalue weighted by Crippen LogP contribution is 2.12. The summed E-state index contributed by atoms with van der Waals surface area (Å²) < 4.78 is 5.80. The summed E-state index contributed by atoms with van der Waals surface area (Å²) in [5.74, 6) is 1.19. The zero-order chi connectivity index (χ0) is 13.2. The Morgan fingerprint density at radius 1 is 1.44 bits per heavy atom. The van der Waals surface area contributed by atoms with Crippen LogP contribution >= 0.6 is 0 Å². The third kappa shape index (κ3) is 5.75. The van der Waals surface area contributed by atoms with Gasteiger partial charge in [0, 0.05) is 6.42 Å². The van der Waals surface area contributed by atoms with Crippen LogP contribution in [0.2, 0.25) is 0 Å². The van der Waals surface area contributed by atoms with Gasteiger partial charge in [-0.15, -0.1) is 6.58 Å². The van der Waals surface area contributed by atoms with Crippen LogP contribution in [0.15, 0.2) is 60.4 Å². The second-order valence-corrected chi connectivity index (χ2v) is 3.74. The zero-order valence-electron chi connectivity index (χ0n) is 10.4. The predicted octanol–water partition coefficient (Wildman–Crippen LogP) is 2.06. The normalized spacial score (nSPS) is 12.0. The Hall–Kier alpha value is -2.23. The molecule has 1 unspecified atom stereocenters. The number of nitrogens with two attached hydrogens (primary N) is 1. The van der Waals surface area contributed by atoms with Crippen molar-refractivity contribution in [1.82, 2.24) is 5.32 Å². The lowest BCUT2D eigenvalue weighted by Gasteiger charge is -2.15. The molecule has 0 aliphatic carbocycles. The van der Waals surface area contributed by atoms with Crippen molar-refractivity contribution in [3.05, 3.63) is 55.4 Å². The van der Waals surface area contributed by atoms with Crippen LogP contribution in [-0.4, -0.2) is 19.0 Å². The van der Waals surface area contributed by atoms with Crippen molar-refractivity contribution in [1.29, 1.82) is 0 Å². The molecule has 0 radical (unpaired) electrons. The van der Waals surface area contributed by atoms with Crippen molar-refractivity contribution in [2.75, 3.05) is 6.54 Å². The lowest BCUT2D eigenvalue weighted by molar-refractivity contribution is 0.213. The number of nitrogens with one attached hydrogen (secondary N) is 1. The zero-order valence-corrected chi connectivity index (χ0v) is 10.4. The molecule has 96 valence electrons. The summed E-state index contributed by atoms with van der Waals surface area (Å²) in [4.78, 5) is 4.18. The fourth-order valence-electron chi connectivity index (χ4n) is 1.34. The highest BCUT2D eigenvalue weighted by Gasteiger charge is 2.07. The van der Waals surface area contributed by atoms with Gasteiger partial charge in [-0.05, 0) is 12.1 Å². The number of para-hydroxylation sites is 1. The van der Waals surface area contributed by atoms with Crippen LogP contribution in [0.5, 0.6) is 5.75 Å². The Balaban J connectivity index is 2.47. The summed E-state index contributed by atoms with van der Waals surface area (Å²) in [7, 11) is 0. The maximum absolute atomic E-state index is 5.80. The van der Waals surface area contributed by atoms with Crippen molar-refractivity contribution in [3.8, 4) is 5.75 Å². The summed E-state index contributed by atoms with van der Waals surface area (Å²) in [5.41, 5.74) is 5.35. The highest BCUT2D eigenvalue weighted by atomic mass is 16.5. The van der Waals surface area contributed by atoms with Gasteiger partial charge in [0.15, 0.2) is 0 Å². The standard InChI is InChI=1S/C14H19N3O/c1-3-7-14(10-16-11-17-12(2)15)18-13-8-5-4-6-9-13/h3-6,8-9,11,14H,1-2,7,10,15H2,(H,16,17). The molecule has 0 fully saturated rings. The first-order valence-electron chi connectivity index (χ1n) is 5.74. The average molecular weight is 245 g/mol. The Morgan fingerprint density at radius 2 is 2.17 bits per heavy atom. The molecule has 0 bridgehead atoms. The summed E-state index contributed by atoms with van der Waals surface area (Å²) in [6.07, 6.45) is 4.04. The number of ether oxygens (including phenoxy) is 1. The van der Waals surface area contributed by atoms with Crippen molar-refractivity contribution in [2.24, 2.45) is 10.7 Å². The van der Waals surface area contributed by atoms with Crippen molar-refractivity contribution in [3.63, 3.8) is 0 Å². The molecule has 1 aromatic rings. The monoisotopic (exact) mass is 245 g/mol. The minimum Gasteiger partial charge on any atom is -0.488 e. The molecule has 1 rings (SSSR count). The maximum Gasteiger partial charge on any atom is 0.122 e. The average Bonchev–Trinajstić information content (AvgIpc) is 2.36. The van der Waals surface area contributed by atoms with Crippen LogP contribution in [-0.2, 0) is 0 Å². The van der Waals surface area contributed by atoms with Gasteiger partial charge in [-0.3, -0.25) is 4.99 Å². The molecule has 18 heavy (non-hydrogen) atoms. The van der Waals surface area contributed by atoms with E-state index in [0.717, 1.165) is 12.2 Å². The van der Waals surface area contributed by atoms with E-state index >= 15 is 0 Å². The van der Waals surface area contributed by atoms with E-state index < -0.39 is 0 Å². The Kier molecular flexibility index (Phi) is 6.11. The second-order valence-electron chi connectivity index (χ2n) is 3.74. The van der Waals surface area contributed by atoms with E-state index in [-0.39, 0.29) is 6.10 Å². The van der Waals surface area contributed by atoms with Crippen molar-refractivity contribution < 1.29 is 4.74 Å².